The zero-order chi connectivity index (χ0) is 27.1. The number of alkyl halides is 3. The maximum Gasteiger partial charge on any atom is 0.416 e. The van der Waals surface area contributed by atoms with Gasteiger partial charge in [0.05, 0.1) is 24.9 Å². The van der Waals surface area contributed by atoms with Crippen LogP contribution in [0.2, 0.25) is 0 Å². The largest absolute Gasteiger partial charge is 0.483 e. The third-order valence-corrected chi connectivity index (χ3v) is 5.99. The number of hydrogen-bond donors (Lipinski definition) is 1. The quantitative estimate of drug-likeness (QED) is 0.198. The minimum atomic E-state index is -4.47. The highest BCUT2D eigenvalue weighted by molar-refractivity contribution is 5.88. The Balaban J connectivity index is 0.00000562. The monoisotopic (exact) mass is 498 g/mol. The molecule has 0 saturated heterocycles. The Morgan fingerprint density at radius 1 is 1.14 bits per heavy atom. The normalized spacial score (nSPS) is 18.0. The van der Waals surface area contributed by atoms with Crippen LogP contribution in [0, 0.1) is 5.41 Å². The average molecular weight is 499 g/mol. The molecule has 0 aliphatic heterocycles. The van der Waals surface area contributed by atoms with E-state index < -0.39 is 17.2 Å². The molecule has 1 aliphatic rings. The lowest BCUT2D eigenvalue weighted by Crippen LogP contribution is -2.42. The molecular formula is C28H45F3N2O2. The fraction of sp³-hybridized carbons (Fsp3) is 0.643. The molecule has 0 unspecified atom stereocenters. The molecule has 1 N–H and O–H groups in total. The Labute approximate surface area is 210 Å². The minimum Gasteiger partial charge on any atom is -0.483 e. The van der Waals surface area contributed by atoms with Gasteiger partial charge in [0.1, 0.15) is 0 Å². The van der Waals surface area contributed by atoms with Crippen LogP contribution in [0.4, 0.5) is 13.2 Å². The molecule has 1 aliphatic carbocycles. The summed E-state index contributed by atoms with van der Waals surface area (Å²) >= 11 is 0. The molecule has 1 rings (SSSR count). The van der Waals surface area contributed by atoms with Crippen molar-refractivity contribution in [2.75, 3.05) is 13.7 Å². The van der Waals surface area contributed by atoms with Crippen LogP contribution >= 0.6 is 0 Å². The predicted molar refractivity (Wildman–Crippen MR) is 140 cm³/mol. The van der Waals surface area contributed by atoms with Gasteiger partial charge in [0.2, 0.25) is 11.8 Å². The number of allylic oxidation sites excluding steroid dienone is 6. The summed E-state index contributed by atoms with van der Waals surface area (Å²) in [6, 6.07) is 0. The molecule has 0 bridgehead atoms. The standard InChI is InChI=1S/C26H39F3N2O2.C2H6/c1-7-13-20(17-21(14-8-2)26(27,28)29)23(19(4)9-3)31-22(33-6)18-30-24(32)25(5)15-11-10-12-16-25;1-2/h7,13-14,17H,8-12,15-16,18H2,1-6H3,(H,30,32);1-2H3/b13-7-,20-17+,21-14-,23-19?,31-22?;. The summed E-state index contributed by atoms with van der Waals surface area (Å²) in [4.78, 5) is 17.4. The van der Waals surface area contributed by atoms with Crippen molar-refractivity contribution in [2.45, 2.75) is 99.6 Å². The van der Waals surface area contributed by atoms with E-state index in [-0.39, 0.29) is 24.8 Å². The van der Waals surface area contributed by atoms with Gasteiger partial charge in [-0.3, -0.25) is 4.79 Å². The van der Waals surface area contributed by atoms with E-state index in [2.05, 4.69) is 10.3 Å². The molecule has 1 amide bonds. The van der Waals surface area contributed by atoms with Gasteiger partial charge < -0.3 is 10.1 Å². The molecule has 0 aromatic carbocycles. The summed E-state index contributed by atoms with van der Waals surface area (Å²) in [5.74, 6) is 0.202. The van der Waals surface area contributed by atoms with Crippen molar-refractivity contribution in [1.29, 1.82) is 0 Å². The van der Waals surface area contributed by atoms with Crippen molar-refractivity contribution in [3.63, 3.8) is 0 Å². The first-order chi connectivity index (χ1) is 16.5. The van der Waals surface area contributed by atoms with E-state index in [4.69, 9.17) is 4.74 Å². The van der Waals surface area contributed by atoms with E-state index in [0.717, 1.165) is 49.8 Å². The van der Waals surface area contributed by atoms with Crippen molar-refractivity contribution in [3.8, 4) is 0 Å². The van der Waals surface area contributed by atoms with Gasteiger partial charge >= 0.3 is 6.18 Å². The molecule has 0 spiro atoms. The van der Waals surface area contributed by atoms with Gasteiger partial charge in [-0.2, -0.15) is 13.2 Å². The number of halogens is 3. The number of carbonyl (C=O) groups excluding carboxylic acids is 1. The van der Waals surface area contributed by atoms with E-state index in [1.807, 2.05) is 34.6 Å². The van der Waals surface area contributed by atoms with Crippen LogP contribution in [-0.4, -0.2) is 31.6 Å². The maximum absolute atomic E-state index is 13.5. The lowest BCUT2D eigenvalue weighted by molar-refractivity contribution is -0.131. The molecule has 0 heterocycles. The summed E-state index contributed by atoms with van der Waals surface area (Å²) in [6.07, 6.45) is 6.87. The Morgan fingerprint density at radius 3 is 2.20 bits per heavy atom. The second-order valence-electron chi connectivity index (χ2n) is 8.66. The van der Waals surface area contributed by atoms with E-state index >= 15 is 0 Å². The first-order valence-electron chi connectivity index (χ1n) is 12.7. The fourth-order valence-electron chi connectivity index (χ4n) is 3.80. The van der Waals surface area contributed by atoms with Crippen LogP contribution < -0.4 is 5.32 Å². The predicted octanol–water partition coefficient (Wildman–Crippen LogP) is 8.23. The summed E-state index contributed by atoms with van der Waals surface area (Å²) in [6.45, 7) is 13.2. The molecule has 1 saturated carbocycles. The fourth-order valence-corrected chi connectivity index (χ4v) is 3.80. The Morgan fingerprint density at radius 2 is 1.74 bits per heavy atom. The highest BCUT2D eigenvalue weighted by atomic mass is 19.4. The zero-order valence-electron chi connectivity index (χ0n) is 22.9. The number of aliphatic imine (C=N–C) groups is 1. The van der Waals surface area contributed by atoms with Crippen LogP contribution in [0.5, 0.6) is 0 Å². The number of carbonyl (C=O) groups is 1. The molecule has 0 aromatic rings. The van der Waals surface area contributed by atoms with Crippen molar-refractivity contribution in [1.82, 2.24) is 5.32 Å². The van der Waals surface area contributed by atoms with Gasteiger partial charge in [-0.25, -0.2) is 4.99 Å². The molecule has 7 heteroatoms. The number of nitrogens with one attached hydrogen (secondary N) is 1. The summed E-state index contributed by atoms with van der Waals surface area (Å²) in [5.41, 5.74) is 0.452. The smallest absolute Gasteiger partial charge is 0.416 e. The van der Waals surface area contributed by atoms with Gasteiger partial charge in [0.15, 0.2) is 0 Å². The van der Waals surface area contributed by atoms with Crippen molar-refractivity contribution < 1.29 is 22.7 Å². The first kappa shape index (κ1) is 32.7. The van der Waals surface area contributed by atoms with Crippen molar-refractivity contribution in [2.24, 2.45) is 10.4 Å². The third-order valence-electron chi connectivity index (χ3n) is 5.99. The molecule has 1 fully saturated rings. The first-order valence-corrected chi connectivity index (χ1v) is 12.7. The van der Waals surface area contributed by atoms with Gasteiger partial charge in [-0.05, 0) is 51.2 Å². The molecular weight excluding hydrogens is 453 g/mol. The van der Waals surface area contributed by atoms with E-state index in [9.17, 15) is 18.0 Å². The van der Waals surface area contributed by atoms with Gasteiger partial charge in [-0.1, -0.05) is 72.1 Å². The van der Waals surface area contributed by atoms with Crippen LogP contribution in [0.25, 0.3) is 0 Å². The molecule has 0 atom stereocenters. The number of amides is 1. The third kappa shape index (κ3) is 10.9. The topological polar surface area (TPSA) is 50.7 Å². The van der Waals surface area contributed by atoms with E-state index in [0.29, 0.717) is 17.7 Å². The summed E-state index contributed by atoms with van der Waals surface area (Å²) in [5, 5.41) is 2.92. The zero-order valence-corrected chi connectivity index (χ0v) is 22.9. The number of rotatable bonds is 9. The second kappa shape index (κ2) is 16.4. The molecule has 0 aromatic heterocycles. The molecule has 35 heavy (non-hydrogen) atoms. The minimum absolute atomic E-state index is 0.0425. The Kier molecular flexibility index (Phi) is 15.3. The van der Waals surface area contributed by atoms with Crippen LogP contribution in [-0.2, 0) is 9.53 Å². The van der Waals surface area contributed by atoms with Crippen molar-refractivity contribution >= 4 is 11.8 Å². The number of hydrogen-bond acceptors (Lipinski definition) is 3. The SMILES string of the molecule is CC.C\C=C/C(=C\C(=C\CC)C(F)(F)F)C(N=C(CNC(=O)C1(C)CCCCC1)OC)=C(C)CC. The highest BCUT2D eigenvalue weighted by Gasteiger charge is 2.34. The number of ether oxygens (including phenoxy) is 1. The van der Waals surface area contributed by atoms with Crippen LogP contribution in [0.3, 0.4) is 0 Å². The second-order valence-corrected chi connectivity index (χ2v) is 8.66. The van der Waals surface area contributed by atoms with Gasteiger partial charge in [0.25, 0.3) is 0 Å². The summed E-state index contributed by atoms with van der Waals surface area (Å²) < 4.78 is 46.0. The van der Waals surface area contributed by atoms with Gasteiger partial charge in [0, 0.05) is 11.0 Å². The Hall–Kier alpha value is -2.31. The van der Waals surface area contributed by atoms with E-state index in [1.54, 1.807) is 26.0 Å². The van der Waals surface area contributed by atoms with Crippen LogP contribution in [0.15, 0.2) is 51.7 Å². The van der Waals surface area contributed by atoms with Crippen molar-refractivity contribution in [3.05, 3.63) is 46.7 Å². The van der Waals surface area contributed by atoms with E-state index in [1.165, 1.54) is 7.11 Å². The molecule has 200 valence electrons. The van der Waals surface area contributed by atoms with Gasteiger partial charge in [-0.15, -0.1) is 0 Å². The molecule has 0 radical (unpaired) electrons. The summed E-state index contributed by atoms with van der Waals surface area (Å²) in [7, 11) is 1.45. The Bertz CT molecular complexity index is 813. The average Bonchev–Trinajstić information content (AvgIpc) is 2.84. The molecule has 4 nitrogen and oxygen atoms in total. The maximum atomic E-state index is 13.5. The van der Waals surface area contributed by atoms with Crippen LogP contribution in [0.1, 0.15) is 93.4 Å². The highest BCUT2D eigenvalue weighted by Crippen LogP contribution is 2.36. The lowest BCUT2D eigenvalue weighted by Gasteiger charge is -2.32. The lowest BCUT2D eigenvalue weighted by atomic mass is 9.75. The number of methoxy groups -OCH3 is 1. The number of nitrogens with zero attached hydrogens (tertiary/aromatic N) is 1.